The van der Waals surface area contributed by atoms with Crippen molar-refractivity contribution in [3.8, 4) is 11.3 Å². The minimum atomic E-state index is -0.402. The monoisotopic (exact) mass is 216 g/mol. The van der Waals surface area contributed by atoms with E-state index in [1.54, 1.807) is 12.4 Å². The summed E-state index contributed by atoms with van der Waals surface area (Å²) in [6.07, 6.45) is 4.67. The van der Waals surface area contributed by atoms with E-state index in [4.69, 9.17) is 4.42 Å². The number of aliphatic hydroxyl groups excluding tert-OH is 1. The molecule has 0 aliphatic heterocycles. The molecule has 0 aromatic carbocycles. The zero-order valence-electron chi connectivity index (χ0n) is 8.97. The number of nitrogens with zero attached hydrogens (tertiary/aromatic N) is 2. The van der Waals surface area contributed by atoms with Crippen molar-refractivity contribution in [1.82, 2.24) is 9.97 Å². The summed E-state index contributed by atoms with van der Waals surface area (Å²) in [5, 5.41) is 9.65. The zero-order chi connectivity index (χ0) is 11.1. The summed E-state index contributed by atoms with van der Waals surface area (Å²) in [6.45, 7) is 1.81. The van der Waals surface area contributed by atoms with Crippen LogP contribution in [0.3, 0.4) is 0 Å². The van der Waals surface area contributed by atoms with E-state index in [1.165, 1.54) is 0 Å². The van der Waals surface area contributed by atoms with Crippen LogP contribution in [-0.2, 0) is 6.42 Å². The molecule has 2 heterocycles. The second-order valence-corrected chi connectivity index (χ2v) is 4.07. The van der Waals surface area contributed by atoms with Crippen LogP contribution in [0.15, 0.2) is 22.9 Å². The third-order valence-corrected chi connectivity index (χ3v) is 2.91. The highest BCUT2D eigenvalue weighted by Gasteiger charge is 2.22. The van der Waals surface area contributed by atoms with E-state index in [-0.39, 0.29) is 0 Å². The second-order valence-electron chi connectivity index (χ2n) is 4.07. The van der Waals surface area contributed by atoms with Crippen molar-refractivity contribution in [2.45, 2.75) is 25.9 Å². The molecule has 1 aliphatic carbocycles. The van der Waals surface area contributed by atoms with Crippen LogP contribution in [0.5, 0.6) is 0 Å². The molecule has 16 heavy (non-hydrogen) atoms. The van der Waals surface area contributed by atoms with Crippen LogP contribution < -0.4 is 0 Å². The number of rotatable bonds is 1. The van der Waals surface area contributed by atoms with E-state index >= 15 is 0 Å². The Morgan fingerprint density at radius 2 is 2.25 bits per heavy atom. The molecular weight excluding hydrogens is 204 g/mol. The van der Waals surface area contributed by atoms with E-state index in [0.29, 0.717) is 5.89 Å². The van der Waals surface area contributed by atoms with Gasteiger partial charge in [-0.15, -0.1) is 0 Å². The van der Waals surface area contributed by atoms with Gasteiger partial charge in [0.25, 0.3) is 0 Å². The number of hydrogen-bond acceptors (Lipinski definition) is 4. The van der Waals surface area contributed by atoms with Crippen LogP contribution >= 0.6 is 0 Å². The molecule has 0 amide bonds. The van der Waals surface area contributed by atoms with Crippen molar-refractivity contribution < 1.29 is 9.52 Å². The standard InChI is InChI=1S/C12H12N2O2/c1-7-13-6-11(16-7)9-4-8-2-3-10(15)12(8)14-5-9/h4-6,10,15H,2-3H2,1H3. The zero-order valence-corrected chi connectivity index (χ0v) is 8.97. The maximum Gasteiger partial charge on any atom is 0.191 e. The molecule has 0 radical (unpaired) electrons. The summed E-state index contributed by atoms with van der Waals surface area (Å²) in [5.74, 6) is 1.38. The van der Waals surface area contributed by atoms with Gasteiger partial charge in [-0.3, -0.25) is 4.98 Å². The van der Waals surface area contributed by atoms with Crippen molar-refractivity contribution >= 4 is 0 Å². The smallest absolute Gasteiger partial charge is 0.191 e. The highest BCUT2D eigenvalue weighted by molar-refractivity contribution is 5.57. The fraction of sp³-hybridized carbons (Fsp3) is 0.333. The van der Waals surface area contributed by atoms with Gasteiger partial charge in [0.1, 0.15) is 0 Å². The molecule has 3 rings (SSSR count). The molecule has 2 aromatic rings. The Hall–Kier alpha value is -1.68. The lowest BCUT2D eigenvalue weighted by molar-refractivity contribution is 0.176. The molecule has 0 spiro atoms. The Bertz CT molecular complexity index is 534. The minimum Gasteiger partial charge on any atom is -0.441 e. The van der Waals surface area contributed by atoms with E-state index in [2.05, 4.69) is 9.97 Å². The average molecular weight is 216 g/mol. The molecule has 1 N–H and O–H groups in total. The van der Waals surface area contributed by atoms with Crippen LogP contribution in [0, 0.1) is 6.92 Å². The number of aromatic nitrogens is 2. The normalized spacial score (nSPS) is 18.8. The van der Waals surface area contributed by atoms with Gasteiger partial charge in [0.05, 0.1) is 18.0 Å². The first kappa shape index (κ1) is 9.54. The number of pyridine rings is 1. The first-order valence-electron chi connectivity index (χ1n) is 5.34. The summed E-state index contributed by atoms with van der Waals surface area (Å²) in [7, 11) is 0. The van der Waals surface area contributed by atoms with E-state index in [0.717, 1.165) is 35.4 Å². The maximum atomic E-state index is 9.65. The Balaban J connectivity index is 2.05. The Kier molecular flexibility index (Phi) is 2.04. The SMILES string of the molecule is Cc1ncc(-c2cnc3c(c2)CCC3O)o1. The van der Waals surface area contributed by atoms with Crippen LogP contribution in [0.4, 0.5) is 0 Å². The molecule has 1 atom stereocenters. The predicted octanol–water partition coefficient (Wildman–Crippen LogP) is 2.02. The molecule has 4 nitrogen and oxygen atoms in total. The van der Waals surface area contributed by atoms with Crippen molar-refractivity contribution in [2.75, 3.05) is 0 Å². The topological polar surface area (TPSA) is 59.2 Å². The lowest BCUT2D eigenvalue weighted by atomic mass is 10.1. The quantitative estimate of drug-likeness (QED) is 0.792. The van der Waals surface area contributed by atoms with Crippen molar-refractivity contribution in [3.05, 3.63) is 35.6 Å². The minimum absolute atomic E-state index is 0.402. The number of aryl methyl sites for hydroxylation is 2. The van der Waals surface area contributed by atoms with Gasteiger partial charge >= 0.3 is 0 Å². The summed E-state index contributed by atoms with van der Waals surface area (Å²) in [5.41, 5.74) is 2.84. The predicted molar refractivity (Wildman–Crippen MR) is 57.8 cm³/mol. The molecular formula is C12H12N2O2. The third-order valence-electron chi connectivity index (χ3n) is 2.91. The van der Waals surface area contributed by atoms with Crippen LogP contribution in [0.2, 0.25) is 0 Å². The highest BCUT2D eigenvalue weighted by Crippen LogP contribution is 2.32. The Morgan fingerprint density at radius 3 is 3.00 bits per heavy atom. The molecule has 0 bridgehead atoms. The summed E-state index contributed by atoms with van der Waals surface area (Å²) in [4.78, 5) is 8.35. The van der Waals surface area contributed by atoms with E-state index in [1.807, 2.05) is 13.0 Å². The molecule has 1 aliphatic rings. The molecule has 0 fully saturated rings. The van der Waals surface area contributed by atoms with Gasteiger partial charge in [0.15, 0.2) is 11.7 Å². The van der Waals surface area contributed by atoms with E-state index in [9.17, 15) is 5.11 Å². The third kappa shape index (κ3) is 1.42. The van der Waals surface area contributed by atoms with Gasteiger partial charge < -0.3 is 9.52 Å². The Labute approximate surface area is 93.0 Å². The summed E-state index contributed by atoms with van der Waals surface area (Å²) in [6, 6.07) is 2.03. The van der Waals surface area contributed by atoms with Gasteiger partial charge in [-0.05, 0) is 24.5 Å². The molecule has 82 valence electrons. The highest BCUT2D eigenvalue weighted by atomic mass is 16.4. The number of aliphatic hydroxyl groups is 1. The second kappa shape index (κ2) is 3.42. The molecule has 1 unspecified atom stereocenters. The van der Waals surface area contributed by atoms with Crippen molar-refractivity contribution in [3.63, 3.8) is 0 Å². The molecule has 0 saturated carbocycles. The average Bonchev–Trinajstić information content (AvgIpc) is 2.86. The van der Waals surface area contributed by atoms with Gasteiger partial charge in [-0.2, -0.15) is 0 Å². The lowest BCUT2D eigenvalue weighted by Gasteiger charge is -2.03. The van der Waals surface area contributed by atoms with Gasteiger partial charge in [-0.25, -0.2) is 4.98 Å². The van der Waals surface area contributed by atoms with Gasteiger partial charge in [0.2, 0.25) is 0 Å². The maximum absolute atomic E-state index is 9.65. The fourth-order valence-corrected chi connectivity index (χ4v) is 2.08. The van der Waals surface area contributed by atoms with Crippen molar-refractivity contribution in [1.29, 1.82) is 0 Å². The van der Waals surface area contributed by atoms with Gasteiger partial charge in [0, 0.05) is 18.7 Å². The number of oxazole rings is 1. The van der Waals surface area contributed by atoms with Crippen molar-refractivity contribution in [2.24, 2.45) is 0 Å². The van der Waals surface area contributed by atoms with E-state index < -0.39 is 6.10 Å². The van der Waals surface area contributed by atoms with Crippen LogP contribution in [-0.4, -0.2) is 15.1 Å². The summed E-state index contributed by atoms with van der Waals surface area (Å²) >= 11 is 0. The molecule has 2 aromatic heterocycles. The first-order chi connectivity index (χ1) is 7.74. The van der Waals surface area contributed by atoms with Gasteiger partial charge in [-0.1, -0.05) is 0 Å². The van der Waals surface area contributed by atoms with Crippen LogP contribution in [0.25, 0.3) is 11.3 Å². The summed E-state index contributed by atoms with van der Waals surface area (Å²) < 4.78 is 5.44. The largest absolute Gasteiger partial charge is 0.441 e. The fourth-order valence-electron chi connectivity index (χ4n) is 2.08. The number of hydrogen-bond donors (Lipinski definition) is 1. The molecule has 4 heteroatoms. The van der Waals surface area contributed by atoms with Crippen LogP contribution in [0.1, 0.15) is 29.7 Å². The first-order valence-corrected chi connectivity index (χ1v) is 5.34. The Morgan fingerprint density at radius 1 is 1.38 bits per heavy atom. The number of fused-ring (bicyclic) bond motifs is 1. The lowest BCUT2D eigenvalue weighted by Crippen LogP contribution is -1.94. The molecule has 0 saturated heterocycles.